The van der Waals surface area contributed by atoms with Gasteiger partial charge >= 0.3 is 0 Å². The molecule has 0 amide bonds. The van der Waals surface area contributed by atoms with Crippen LogP contribution in [0.2, 0.25) is 0 Å². The predicted octanol–water partition coefficient (Wildman–Crippen LogP) is 7.20. The van der Waals surface area contributed by atoms with E-state index in [1.54, 1.807) is 0 Å². The summed E-state index contributed by atoms with van der Waals surface area (Å²) in [6.07, 6.45) is 15.2. The summed E-state index contributed by atoms with van der Waals surface area (Å²) in [6, 6.07) is 0. The fourth-order valence-corrected chi connectivity index (χ4v) is 2.50. The molecule has 0 fully saturated rings. The van der Waals surface area contributed by atoms with Crippen molar-refractivity contribution in [2.45, 2.75) is 111 Å². The maximum absolute atomic E-state index is 6.04. The van der Waals surface area contributed by atoms with Crippen molar-refractivity contribution in [3.63, 3.8) is 0 Å². The lowest BCUT2D eigenvalue weighted by atomic mass is 10.0. The summed E-state index contributed by atoms with van der Waals surface area (Å²) >= 11 is 0. The fourth-order valence-electron chi connectivity index (χ4n) is 2.50. The van der Waals surface area contributed by atoms with E-state index in [1.165, 1.54) is 38.5 Å². The first-order chi connectivity index (χ1) is 11.2. The Kier molecular flexibility index (Phi) is 12.2. The van der Waals surface area contributed by atoms with Gasteiger partial charge in [-0.05, 0) is 60.3 Å². The van der Waals surface area contributed by atoms with Gasteiger partial charge in [-0.25, -0.2) is 0 Å². The van der Waals surface area contributed by atoms with Crippen molar-refractivity contribution in [1.29, 1.82) is 0 Å². The van der Waals surface area contributed by atoms with Crippen LogP contribution in [0.3, 0.4) is 0 Å². The van der Waals surface area contributed by atoms with Crippen LogP contribution >= 0.6 is 0 Å². The molecule has 0 atom stereocenters. The number of allylic oxidation sites excluding steroid dienone is 3. The third kappa shape index (κ3) is 16.1. The summed E-state index contributed by atoms with van der Waals surface area (Å²) < 4.78 is 11.8. The van der Waals surface area contributed by atoms with Crippen molar-refractivity contribution in [2.24, 2.45) is 0 Å². The maximum atomic E-state index is 6.04. The van der Waals surface area contributed by atoms with Gasteiger partial charge in [-0.2, -0.15) is 0 Å². The van der Waals surface area contributed by atoms with Crippen LogP contribution in [0.25, 0.3) is 0 Å². The van der Waals surface area contributed by atoms with E-state index in [9.17, 15) is 0 Å². The number of hydrogen-bond donors (Lipinski definition) is 0. The molecule has 0 saturated carbocycles. The molecule has 0 aliphatic rings. The van der Waals surface area contributed by atoms with Crippen LogP contribution in [0.4, 0.5) is 0 Å². The van der Waals surface area contributed by atoms with Gasteiger partial charge in [-0.1, -0.05) is 44.9 Å². The number of unbranched alkanes of at least 4 members (excludes halogenated alkanes) is 5. The Morgan fingerprint density at radius 3 is 2.17 bits per heavy atom. The van der Waals surface area contributed by atoms with E-state index in [0.29, 0.717) is 0 Å². The van der Waals surface area contributed by atoms with Gasteiger partial charge in [0.15, 0.2) is 0 Å². The average molecular weight is 339 g/mol. The van der Waals surface area contributed by atoms with E-state index < -0.39 is 0 Å². The van der Waals surface area contributed by atoms with Gasteiger partial charge in [-0.3, -0.25) is 0 Å². The highest BCUT2D eigenvalue weighted by Crippen LogP contribution is 2.22. The Morgan fingerprint density at radius 1 is 0.917 bits per heavy atom. The van der Waals surface area contributed by atoms with E-state index in [1.807, 2.05) is 0 Å². The third-order valence-electron chi connectivity index (χ3n) is 3.89. The number of ether oxygens (including phenoxy) is 2. The minimum Gasteiger partial charge on any atom is -0.493 e. The number of hydrogen-bond acceptors (Lipinski definition) is 2. The Balaban J connectivity index is 3.68. The van der Waals surface area contributed by atoms with E-state index in [4.69, 9.17) is 9.47 Å². The van der Waals surface area contributed by atoms with Gasteiger partial charge in [0.25, 0.3) is 0 Å². The second-order valence-corrected chi connectivity index (χ2v) is 8.30. The topological polar surface area (TPSA) is 18.5 Å². The Morgan fingerprint density at radius 2 is 1.54 bits per heavy atom. The van der Waals surface area contributed by atoms with Gasteiger partial charge in [-0.15, -0.1) is 0 Å². The zero-order chi connectivity index (χ0) is 18.5. The zero-order valence-corrected chi connectivity index (χ0v) is 17.2. The molecule has 0 aromatic heterocycles. The monoisotopic (exact) mass is 338 g/mol. The highest BCUT2D eigenvalue weighted by Gasteiger charge is 2.21. The second kappa shape index (κ2) is 12.6. The van der Waals surface area contributed by atoms with Gasteiger partial charge < -0.3 is 9.47 Å². The van der Waals surface area contributed by atoms with E-state index in [-0.39, 0.29) is 11.2 Å². The summed E-state index contributed by atoms with van der Waals surface area (Å²) in [6.45, 7) is 17.5. The predicted molar refractivity (Wildman–Crippen MR) is 106 cm³/mol. The van der Waals surface area contributed by atoms with Gasteiger partial charge in [0.05, 0.1) is 18.0 Å². The van der Waals surface area contributed by atoms with Crippen LogP contribution in [0.15, 0.2) is 24.5 Å². The van der Waals surface area contributed by atoms with Crippen molar-refractivity contribution in [1.82, 2.24) is 0 Å². The first-order valence-corrected chi connectivity index (χ1v) is 9.82. The molecule has 142 valence electrons. The highest BCUT2D eigenvalue weighted by atomic mass is 16.5. The summed E-state index contributed by atoms with van der Waals surface area (Å²) in [5, 5.41) is 0. The lowest BCUT2D eigenvalue weighted by molar-refractivity contribution is -0.0468. The molecule has 0 spiro atoms. The van der Waals surface area contributed by atoms with Crippen LogP contribution in [-0.4, -0.2) is 17.8 Å². The molecule has 24 heavy (non-hydrogen) atoms. The Labute approximate surface area is 151 Å². The lowest BCUT2D eigenvalue weighted by Crippen LogP contribution is -2.29. The SMILES string of the molecule is C=C(CCCCCCC/C=C/CC)OC(C)(C)CCOC(C)(C)C. The number of rotatable bonds is 14. The summed E-state index contributed by atoms with van der Waals surface area (Å²) in [4.78, 5) is 0. The van der Waals surface area contributed by atoms with Gasteiger partial charge in [0, 0.05) is 12.8 Å². The summed E-state index contributed by atoms with van der Waals surface area (Å²) in [5.41, 5.74) is -0.284. The van der Waals surface area contributed by atoms with Crippen LogP contribution in [0.5, 0.6) is 0 Å². The smallest absolute Gasteiger partial charge is 0.105 e. The van der Waals surface area contributed by atoms with E-state index >= 15 is 0 Å². The van der Waals surface area contributed by atoms with Crippen LogP contribution < -0.4 is 0 Å². The molecule has 0 aromatic rings. The molecule has 2 heteroatoms. The normalized spacial score (nSPS) is 12.8. The van der Waals surface area contributed by atoms with Crippen molar-refractivity contribution in [3.05, 3.63) is 24.5 Å². The van der Waals surface area contributed by atoms with E-state index in [0.717, 1.165) is 31.6 Å². The fraction of sp³-hybridized carbons (Fsp3) is 0.818. The molecule has 0 radical (unpaired) electrons. The van der Waals surface area contributed by atoms with Crippen LogP contribution in [0.1, 0.15) is 99.3 Å². The minimum absolute atomic E-state index is 0.0839. The Hall–Kier alpha value is -0.760. The highest BCUT2D eigenvalue weighted by molar-refractivity contribution is 4.87. The summed E-state index contributed by atoms with van der Waals surface area (Å²) in [5.74, 6) is 0.918. The van der Waals surface area contributed by atoms with Gasteiger partial charge in [0.2, 0.25) is 0 Å². The van der Waals surface area contributed by atoms with Crippen molar-refractivity contribution >= 4 is 0 Å². The lowest BCUT2D eigenvalue weighted by Gasteiger charge is -2.29. The molecule has 2 nitrogen and oxygen atoms in total. The Bertz CT molecular complexity index is 347. The molecule has 0 rings (SSSR count). The molecule has 0 N–H and O–H groups in total. The average Bonchev–Trinajstić information content (AvgIpc) is 2.43. The largest absolute Gasteiger partial charge is 0.493 e. The molecule has 0 aliphatic carbocycles. The maximum Gasteiger partial charge on any atom is 0.105 e. The van der Waals surface area contributed by atoms with Gasteiger partial charge in [0.1, 0.15) is 5.60 Å². The molecule has 0 heterocycles. The first-order valence-electron chi connectivity index (χ1n) is 9.82. The standard InChI is InChI=1S/C22H42O2/c1-8-9-10-11-12-13-14-15-16-17-20(2)24-22(6,7)18-19-23-21(3,4)5/h9-10H,2,8,11-19H2,1,3-7H3/b10-9+. The zero-order valence-electron chi connectivity index (χ0n) is 17.2. The van der Waals surface area contributed by atoms with Crippen LogP contribution in [-0.2, 0) is 9.47 Å². The summed E-state index contributed by atoms with van der Waals surface area (Å²) in [7, 11) is 0. The quantitative estimate of drug-likeness (QED) is 0.189. The molecular weight excluding hydrogens is 296 g/mol. The molecule has 0 bridgehead atoms. The minimum atomic E-state index is -0.200. The molecule has 0 aromatic carbocycles. The molecule has 0 aliphatic heterocycles. The molecular formula is C22H42O2. The molecule has 0 unspecified atom stereocenters. The second-order valence-electron chi connectivity index (χ2n) is 8.30. The van der Waals surface area contributed by atoms with Crippen LogP contribution in [0, 0.1) is 0 Å². The van der Waals surface area contributed by atoms with Crippen molar-refractivity contribution in [2.75, 3.05) is 6.61 Å². The van der Waals surface area contributed by atoms with Crippen molar-refractivity contribution in [3.8, 4) is 0 Å². The molecule has 0 saturated heterocycles. The van der Waals surface area contributed by atoms with E-state index in [2.05, 4.69) is 60.3 Å². The first kappa shape index (κ1) is 23.2. The third-order valence-corrected chi connectivity index (χ3v) is 3.89. The van der Waals surface area contributed by atoms with Crippen molar-refractivity contribution < 1.29 is 9.47 Å².